The number of carbonyl (C=O) groups excluding carboxylic acids is 2. The first-order valence-corrected chi connectivity index (χ1v) is 8.39. The third-order valence-electron chi connectivity index (χ3n) is 3.65. The van der Waals surface area contributed by atoms with Crippen LogP contribution in [0.25, 0.3) is 0 Å². The zero-order valence-corrected chi connectivity index (χ0v) is 15.6. The van der Waals surface area contributed by atoms with E-state index in [1.165, 1.54) is 19.2 Å². The summed E-state index contributed by atoms with van der Waals surface area (Å²) in [5.41, 5.74) is 3.08. The van der Waals surface area contributed by atoms with E-state index in [0.717, 1.165) is 16.7 Å². The summed E-state index contributed by atoms with van der Waals surface area (Å²) in [5.74, 6) is -0.848. The molecule has 2 aromatic rings. The smallest absolute Gasteiger partial charge is 0.311 e. The highest BCUT2D eigenvalue weighted by Crippen LogP contribution is 2.22. The molecule has 1 aromatic heterocycles. The maximum atomic E-state index is 12.1. The van der Waals surface area contributed by atoms with E-state index in [4.69, 9.17) is 27.9 Å². The molecule has 1 atom stereocenters. The average Bonchev–Trinajstić information content (AvgIpc) is 2.53. The van der Waals surface area contributed by atoms with Crippen LogP contribution in [0.4, 0.5) is 5.82 Å². The summed E-state index contributed by atoms with van der Waals surface area (Å²) in [6, 6.07) is 7.20. The number of aromatic nitrogens is 1. The Kier molecular flexibility index (Phi) is 6.39. The van der Waals surface area contributed by atoms with Gasteiger partial charge in [-0.1, -0.05) is 41.4 Å². The van der Waals surface area contributed by atoms with Gasteiger partial charge in [0.15, 0.2) is 11.9 Å². The Hall–Kier alpha value is -2.11. The molecule has 132 valence electrons. The molecule has 0 unspecified atom stereocenters. The van der Waals surface area contributed by atoms with Crippen LogP contribution in [0.1, 0.15) is 23.6 Å². The molecule has 1 aromatic carbocycles. The van der Waals surface area contributed by atoms with Crippen LogP contribution in [0, 0.1) is 13.8 Å². The predicted molar refractivity (Wildman–Crippen MR) is 98.1 cm³/mol. The van der Waals surface area contributed by atoms with Gasteiger partial charge in [0, 0.05) is 6.20 Å². The fraction of sp³-hybridized carbons (Fsp3) is 0.278. The molecule has 0 bridgehead atoms. The van der Waals surface area contributed by atoms with Crippen molar-refractivity contribution in [2.24, 2.45) is 0 Å². The van der Waals surface area contributed by atoms with Crippen LogP contribution in [0.5, 0.6) is 0 Å². The summed E-state index contributed by atoms with van der Waals surface area (Å²) in [6.07, 6.45) is 0.477. The number of aryl methyl sites for hydroxylation is 2. The molecule has 0 saturated carbocycles. The van der Waals surface area contributed by atoms with Gasteiger partial charge in [0.2, 0.25) is 0 Å². The topological polar surface area (TPSA) is 68.3 Å². The van der Waals surface area contributed by atoms with Crippen LogP contribution in [0.2, 0.25) is 10.0 Å². The standard InChI is InChI=1S/C18H18Cl2N2O3/c1-10-4-5-13(6-11(10)2)7-16(23)25-12(3)18(24)22-17-15(20)8-14(19)9-21-17/h4-6,8-9,12H,7H2,1-3H3,(H,21,22,24)/t12-/m0/s1. The van der Waals surface area contributed by atoms with Crippen LogP contribution < -0.4 is 5.32 Å². The molecule has 7 heteroatoms. The van der Waals surface area contributed by atoms with Crippen molar-refractivity contribution in [3.05, 3.63) is 57.2 Å². The number of nitrogens with zero attached hydrogens (tertiary/aromatic N) is 1. The second kappa shape index (κ2) is 8.32. The number of hydrogen-bond donors (Lipinski definition) is 1. The lowest BCUT2D eigenvalue weighted by Crippen LogP contribution is -2.30. The minimum absolute atomic E-state index is 0.0959. The van der Waals surface area contributed by atoms with Crippen molar-refractivity contribution in [3.8, 4) is 0 Å². The average molecular weight is 381 g/mol. The number of hydrogen-bond acceptors (Lipinski definition) is 4. The number of benzene rings is 1. The first-order valence-electron chi connectivity index (χ1n) is 7.64. The predicted octanol–water partition coefficient (Wildman–Crippen LogP) is 4.12. The summed E-state index contributed by atoms with van der Waals surface area (Å²) in [5, 5.41) is 3.07. The largest absolute Gasteiger partial charge is 0.452 e. The SMILES string of the molecule is Cc1ccc(CC(=O)O[C@@H](C)C(=O)Nc2ncc(Cl)cc2Cl)cc1C. The first kappa shape index (κ1) is 19.2. The van der Waals surface area contributed by atoms with E-state index in [0.29, 0.717) is 5.02 Å². The molecule has 1 amide bonds. The number of pyridine rings is 1. The van der Waals surface area contributed by atoms with Gasteiger partial charge in [-0.3, -0.25) is 9.59 Å². The first-order chi connectivity index (χ1) is 11.8. The fourth-order valence-electron chi connectivity index (χ4n) is 2.10. The number of nitrogens with one attached hydrogen (secondary N) is 1. The molecule has 0 radical (unpaired) electrons. The summed E-state index contributed by atoms with van der Waals surface area (Å²) in [6.45, 7) is 5.46. The van der Waals surface area contributed by atoms with Crippen molar-refractivity contribution < 1.29 is 14.3 Å². The van der Waals surface area contributed by atoms with Crippen LogP contribution in [-0.4, -0.2) is 23.0 Å². The zero-order chi connectivity index (χ0) is 18.6. The normalized spacial score (nSPS) is 11.7. The van der Waals surface area contributed by atoms with Gasteiger partial charge in [-0.2, -0.15) is 0 Å². The number of ether oxygens (including phenoxy) is 1. The third-order valence-corrected chi connectivity index (χ3v) is 4.14. The molecule has 0 fully saturated rings. The molecule has 0 saturated heterocycles. The van der Waals surface area contributed by atoms with Crippen molar-refractivity contribution in [3.63, 3.8) is 0 Å². The van der Waals surface area contributed by atoms with Crippen LogP contribution in [-0.2, 0) is 20.7 Å². The quantitative estimate of drug-likeness (QED) is 0.792. The zero-order valence-electron chi connectivity index (χ0n) is 14.1. The molecule has 1 N–H and O–H groups in total. The summed E-state index contributed by atoms with van der Waals surface area (Å²) >= 11 is 11.7. The van der Waals surface area contributed by atoms with Gasteiger partial charge in [-0.05, 0) is 43.5 Å². The lowest BCUT2D eigenvalue weighted by Gasteiger charge is -2.14. The van der Waals surface area contributed by atoms with E-state index in [1.807, 2.05) is 32.0 Å². The second-order valence-corrected chi connectivity index (χ2v) is 6.54. The summed E-state index contributed by atoms with van der Waals surface area (Å²) in [7, 11) is 0. The lowest BCUT2D eigenvalue weighted by atomic mass is 10.0. The maximum absolute atomic E-state index is 12.1. The van der Waals surface area contributed by atoms with Crippen LogP contribution in [0.3, 0.4) is 0 Å². The molecule has 2 rings (SSSR count). The lowest BCUT2D eigenvalue weighted by molar-refractivity contribution is -0.152. The number of esters is 1. The minimum Gasteiger partial charge on any atom is -0.452 e. The van der Waals surface area contributed by atoms with Crippen molar-refractivity contribution >= 4 is 40.9 Å². The Labute approximate surface area is 156 Å². The Morgan fingerprint density at radius 1 is 1.20 bits per heavy atom. The number of amides is 1. The monoisotopic (exact) mass is 380 g/mol. The highest BCUT2D eigenvalue weighted by atomic mass is 35.5. The van der Waals surface area contributed by atoms with E-state index >= 15 is 0 Å². The summed E-state index contributed by atoms with van der Waals surface area (Å²) < 4.78 is 5.17. The maximum Gasteiger partial charge on any atom is 0.311 e. The van der Waals surface area contributed by atoms with Crippen molar-refractivity contribution in [1.82, 2.24) is 4.98 Å². The van der Waals surface area contributed by atoms with Gasteiger partial charge in [0.25, 0.3) is 5.91 Å². The molecule has 5 nitrogen and oxygen atoms in total. The third kappa shape index (κ3) is 5.44. The Morgan fingerprint density at radius 2 is 1.92 bits per heavy atom. The van der Waals surface area contributed by atoms with Crippen molar-refractivity contribution in [1.29, 1.82) is 0 Å². The van der Waals surface area contributed by atoms with Gasteiger partial charge in [-0.25, -0.2) is 4.98 Å². The fourth-order valence-corrected chi connectivity index (χ4v) is 2.52. The van der Waals surface area contributed by atoms with Crippen LogP contribution in [0.15, 0.2) is 30.5 Å². The number of halogens is 2. The van der Waals surface area contributed by atoms with E-state index in [-0.39, 0.29) is 17.3 Å². The molecule has 25 heavy (non-hydrogen) atoms. The number of carbonyl (C=O) groups is 2. The molecule has 0 aliphatic heterocycles. The highest BCUT2D eigenvalue weighted by molar-refractivity contribution is 6.36. The van der Waals surface area contributed by atoms with Gasteiger partial charge in [0.1, 0.15) is 0 Å². The van der Waals surface area contributed by atoms with Gasteiger partial charge in [-0.15, -0.1) is 0 Å². The van der Waals surface area contributed by atoms with Gasteiger partial charge in [0.05, 0.1) is 16.5 Å². The van der Waals surface area contributed by atoms with E-state index in [9.17, 15) is 9.59 Å². The minimum atomic E-state index is -0.979. The molecule has 1 heterocycles. The summed E-state index contributed by atoms with van der Waals surface area (Å²) in [4.78, 5) is 28.1. The molecular formula is C18H18Cl2N2O3. The molecule has 0 aliphatic carbocycles. The van der Waals surface area contributed by atoms with Crippen molar-refractivity contribution in [2.45, 2.75) is 33.3 Å². The van der Waals surface area contributed by atoms with Gasteiger partial charge < -0.3 is 10.1 Å². The Balaban J connectivity index is 1.93. The van der Waals surface area contributed by atoms with Crippen LogP contribution >= 0.6 is 23.2 Å². The number of anilines is 1. The second-order valence-electron chi connectivity index (χ2n) is 5.70. The Morgan fingerprint density at radius 3 is 2.56 bits per heavy atom. The molecule has 0 aliphatic rings. The Bertz CT molecular complexity index is 809. The van der Waals surface area contributed by atoms with E-state index < -0.39 is 18.0 Å². The van der Waals surface area contributed by atoms with Crippen molar-refractivity contribution in [2.75, 3.05) is 5.32 Å². The molecular weight excluding hydrogens is 363 g/mol. The number of rotatable bonds is 5. The highest BCUT2D eigenvalue weighted by Gasteiger charge is 2.19. The van der Waals surface area contributed by atoms with Gasteiger partial charge >= 0.3 is 5.97 Å². The van der Waals surface area contributed by atoms with E-state index in [2.05, 4.69) is 10.3 Å². The molecule has 0 spiro atoms. The van der Waals surface area contributed by atoms with E-state index in [1.54, 1.807) is 0 Å².